The van der Waals surface area contributed by atoms with Crippen LogP contribution in [0.5, 0.6) is 0 Å². The number of carboxylic acid groups (broad SMARTS) is 1. The lowest BCUT2D eigenvalue weighted by molar-refractivity contribution is 0.00976. The zero-order valence-corrected chi connectivity index (χ0v) is 14.4. The third kappa shape index (κ3) is 2.24. The monoisotopic (exact) mass is 364 g/mol. The van der Waals surface area contributed by atoms with Crippen LogP contribution in [0.25, 0.3) is 10.2 Å². The number of fused-ring (bicyclic) bond motifs is 2. The van der Waals surface area contributed by atoms with Crippen LogP contribution in [-0.4, -0.2) is 63.4 Å². The normalized spacial score (nSPS) is 28.6. The van der Waals surface area contributed by atoms with Crippen LogP contribution in [0, 0.1) is 10.8 Å². The van der Waals surface area contributed by atoms with Crippen LogP contribution in [0.2, 0.25) is 0 Å². The number of amides is 1. The highest BCUT2D eigenvalue weighted by Gasteiger charge is 2.60. The zero-order valence-electron chi connectivity index (χ0n) is 13.6. The Kier molecular flexibility index (Phi) is 3.68. The van der Waals surface area contributed by atoms with Gasteiger partial charge in [0.25, 0.3) is 5.91 Å². The number of aliphatic hydroxyl groups is 2. The lowest BCUT2D eigenvalue weighted by Gasteiger charge is -2.36. The fraction of sp³-hybridized carbons (Fsp3) is 0.529. The number of hydrogen-bond donors (Lipinski definition) is 4. The maximum absolute atomic E-state index is 12.9. The summed E-state index contributed by atoms with van der Waals surface area (Å²) < 4.78 is 0.730. The molecule has 4 N–H and O–H groups in total. The molecule has 134 valence electrons. The molecule has 4 rings (SSSR count). The van der Waals surface area contributed by atoms with Gasteiger partial charge in [-0.2, -0.15) is 0 Å². The summed E-state index contributed by atoms with van der Waals surface area (Å²) >= 11 is 1.13. The molecule has 2 aliphatic rings. The zero-order chi connectivity index (χ0) is 17.8. The second-order valence-electron chi connectivity index (χ2n) is 7.27. The molecule has 2 fully saturated rings. The minimum Gasteiger partial charge on any atom is -0.477 e. The van der Waals surface area contributed by atoms with Gasteiger partial charge in [0, 0.05) is 23.9 Å². The van der Waals surface area contributed by atoms with Crippen molar-refractivity contribution < 1.29 is 24.9 Å². The molecule has 7 nitrogen and oxygen atoms in total. The Morgan fingerprint density at radius 2 is 1.80 bits per heavy atom. The number of carboxylic acids is 1. The first kappa shape index (κ1) is 16.6. The summed E-state index contributed by atoms with van der Waals surface area (Å²) in [6.07, 6.45) is 2.59. The van der Waals surface area contributed by atoms with Gasteiger partial charge in [0.15, 0.2) is 0 Å². The van der Waals surface area contributed by atoms with Crippen LogP contribution in [-0.2, 0) is 0 Å². The maximum Gasteiger partial charge on any atom is 0.345 e. The molecule has 0 bridgehead atoms. The number of aromatic nitrogens is 1. The number of nitrogens with zero attached hydrogens (tertiary/aromatic N) is 1. The molecule has 2 aromatic heterocycles. The van der Waals surface area contributed by atoms with E-state index in [1.807, 2.05) is 0 Å². The van der Waals surface area contributed by atoms with Crippen LogP contribution in [0.1, 0.15) is 39.4 Å². The van der Waals surface area contributed by atoms with Crippen molar-refractivity contribution in [2.45, 2.75) is 19.3 Å². The molecule has 2 atom stereocenters. The summed E-state index contributed by atoms with van der Waals surface area (Å²) in [5, 5.41) is 28.9. The number of rotatable bonds is 4. The Labute approximate surface area is 147 Å². The topological polar surface area (TPSA) is 114 Å². The molecule has 0 radical (unpaired) electrons. The van der Waals surface area contributed by atoms with Gasteiger partial charge < -0.3 is 25.2 Å². The SMILES string of the molecule is O=C(O)c1cc2[nH]c(C(=O)N3C[C@]4(CO)CCC[C@]4(CO)C3)cc2s1. The minimum atomic E-state index is -0.982. The quantitative estimate of drug-likeness (QED) is 0.657. The number of carbonyl (C=O) groups excluding carboxylic acids is 1. The van der Waals surface area contributed by atoms with Crippen molar-refractivity contribution in [3.05, 3.63) is 22.7 Å². The van der Waals surface area contributed by atoms with E-state index in [0.29, 0.717) is 24.3 Å². The highest BCUT2D eigenvalue weighted by molar-refractivity contribution is 7.20. The fourth-order valence-corrected chi connectivity index (χ4v) is 5.52. The first-order valence-electron chi connectivity index (χ1n) is 8.30. The molecule has 0 aromatic carbocycles. The van der Waals surface area contributed by atoms with E-state index in [0.717, 1.165) is 35.3 Å². The number of likely N-dealkylation sites (tertiary alicyclic amines) is 1. The number of hydrogen-bond acceptors (Lipinski definition) is 5. The van der Waals surface area contributed by atoms with Crippen molar-refractivity contribution in [2.75, 3.05) is 26.3 Å². The molecule has 1 saturated carbocycles. The number of aliphatic hydroxyl groups excluding tert-OH is 2. The summed E-state index contributed by atoms with van der Waals surface area (Å²) in [6.45, 7) is 0.824. The highest BCUT2D eigenvalue weighted by atomic mass is 32.1. The first-order chi connectivity index (χ1) is 11.9. The number of carbonyl (C=O) groups is 2. The second kappa shape index (κ2) is 5.55. The summed E-state index contributed by atoms with van der Waals surface area (Å²) in [7, 11) is 0. The van der Waals surface area contributed by atoms with Crippen LogP contribution in [0.15, 0.2) is 12.1 Å². The summed E-state index contributed by atoms with van der Waals surface area (Å²) in [5.41, 5.74) is 0.216. The predicted molar refractivity (Wildman–Crippen MR) is 91.9 cm³/mol. The van der Waals surface area contributed by atoms with Gasteiger partial charge in [0.1, 0.15) is 10.6 Å². The van der Waals surface area contributed by atoms with Crippen molar-refractivity contribution >= 4 is 33.4 Å². The van der Waals surface area contributed by atoms with Gasteiger partial charge in [-0.15, -0.1) is 11.3 Å². The lowest BCUT2D eigenvalue weighted by Crippen LogP contribution is -2.41. The van der Waals surface area contributed by atoms with Crippen molar-refractivity contribution in [3.63, 3.8) is 0 Å². The van der Waals surface area contributed by atoms with E-state index in [2.05, 4.69) is 4.98 Å². The van der Waals surface area contributed by atoms with Crippen LogP contribution in [0.3, 0.4) is 0 Å². The standard InChI is InChI=1S/C17H20N2O5S/c20-8-16-2-1-3-17(16,9-21)7-19(6-16)14(22)11-5-12-10(18-11)4-13(25-12)15(23)24/h4-5,18,20-21H,1-3,6-9H2,(H,23,24)/t16-,17+. The average Bonchev–Trinajstić information content (AvgIpc) is 3.29. The van der Waals surface area contributed by atoms with E-state index in [1.165, 1.54) is 6.07 Å². The lowest BCUT2D eigenvalue weighted by atomic mass is 9.69. The van der Waals surface area contributed by atoms with Crippen LogP contribution in [0.4, 0.5) is 0 Å². The summed E-state index contributed by atoms with van der Waals surface area (Å²) in [4.78, 5) is 28.9. The van der Waals surface area contributed by atoms with Crippen LogP contribution < -0.4 is 0 Å². The van der Waals surface area contributed by atoms with Gasteiger partial charge >= 0.3 is 5.97 Å². The van der Waals surface area contributed by atoms with E-state index in [-0.39, 0.29) is 24.0 Å². The smallest absolute Gasteiger partial charge is 0.345 e. The molecule has 1 saturated heterocycles. The van der Waals surface area contributed by atoms with Gasteiger partial charge in [-0.25, -0.2) is 4.79 Å². The number of nitrogens with one attached hydrogen (secondary N) is 1. The number of aromatic carboxylic acids is 1. The maximum atomic E-state index is 12.9. The summed E-state index contributed by atoms with van der Waals surface area (Å²) in [6, 6.07) is 3.21. The molecule has 25 heavy (non-hydrogen) atoms. The van der Waals surface area contributed by atoms with Gasteiger partial charge in [-0.1, -0.05) is 6.42 Å². The Hall–Kier alpha value is -1.90. The fourth-order valence-electron chi connectivity index (χ4n) is 4.63. The Bertz CT molecular complexity index is 807. The molecule has 2 aromatic rings. The van der Waals surface area contributed by atoms with Crippen molar-refractivity contribution in [1.82, 2.24) is 9.88 Å². The second-order valence-corrected chi connectivity index (χ2v) is 8.35. The highest BCUT2D eigenvalue weighted by Crippen LogP contribution is 2.57. The van der Waals surface area contributed by atoms with Crippen molar-refractivity contribution in [1.29, 1.82) is 0 Å². The Morgan fingerprint density at radius 1 is 1.16 bits per heavy atom. The summed E-state index contributed by atoms with van der Waals surface area (Å²) in [5.74, 6) is -1.15. The molecule has 3 heterocycles. The Morgan fingerprint density at radius 3 is 2.32 bits per heavy atom. The van der Waals surface area contributed by atoms with E-state index >= 15 is 0 Å². The molecule has 0 unspecified atom stereocenters. The molecule has 1 aliphatic carbocycles. The molecule has 1 amide bonds. The van der Waals surface area contributed by atoms with E-state index in [4.69, 9.17) is 5.11 Å². The van der Waals surface area contributed by atoms with Gasteiger partial charge in [-0.3, -0.25) is 4.79 Å². The Balaban J connectivity index is 1.61. The largest absolute Gasteiger partial charge is 0.477 e. The van der Waals surface area contributed by atoms with Crippen molar-refractivity contribution in [3.8, 4) is 0 Å². The van der Waals surface area contributed by atoms with Crippen LogP contribution >= 0.6 is 11.3 Å². The molecular weight excluding hydrogens is 344 g/mol. The van der Waals surface area contributed by atoms with E-state index in [9.17, 15) is 19.8 Å². The third-order valence-electron chi connectivity index (χ3n) is 6.06. The van der Waals surface area contributed by atoms with Gasteiger partial charge in [0.05, 0.1) is 23.4 Å². The number of aromatic amines is 1. The number of H-pyrrole nitrogens is 1. The third-order valence-corrected chi connectivity index (χ3v) is 7.13. The van der Waals surface area contributed by atoms with Gasteiger partial charge in [-0.05, 0) is 25.0 Å². The van der Waals surface area contributed by atoms with E-state index in [1.54, 1.807) is 11.0 Å². The number of thiophene rings is 1. The molecule has 8 heteroatoms. The predicted octanol–water partition coefficient (Wildman–Crippen LogP) is 1.52. The average molecular weight is 364 g/mol. The molecule has 0 spiro atoms. The molecule has 1 aliphatic heterocycles. The van der Waals surface area contributed by atoms with Gasteiger partial charge in [0.2, 0.25) is 0 Å². The van der Waals surface area contributed by atoms with E-state index < -0.39 is 16.8 Å². The van der Waals surface area contributed by atoms with Crippen molar-refractivity contribution in [2.24, 2.45) is 10.8 Å². The minimum absolute atomic E-state index is 0.0286. The molecular formula is C17H20N2O5S. The first-order valence-corrected chi connectivity index (χ1v) is 9.12.